The highest BCUT2D eigenvalue weighted by molar-refractivity contribution is 5.72. The van der Waals surface area contributed by atoms with Gasteiger partial charge in [-0.3, -0.25) is 4.79 Å². The molecule has 16 heavy (non-hydrogen) atoms. The topological polar surface area (TPSA) is 66.6 Å². The lowest BCUT2D eigenvalue weighted by Crippen LogP contribution is -2.41. The monoisotopic (exact) mass is 228 g/mol. The molecule has 94 valence electrons. The first-order chi connectivity index (χ1) is 7.65. The van der Waals surface area contributed by atoms with Gasteiger partial charge in [0.25, 0.3) is 0 Å². The maximum Gasteiger partial charge on any atom is 0.320 e. The third-order valence-electron chi connectivity index (χ3n) is 3.54. The van der Waals surface area contributed by atoms with E-state index in [4.69, 9.17) is 10.8 Å². The van der Waals surface area contributed by atoms with Crippen molar-refractivity contribution in [3.8, 4) is 0 Å². The zero-order chi connectivity index (χ0) is 12.0. The van der Waals surface area contributed by atoms with Crippen LogP contribution in [0, 0.1) is 0 Å². The number of hydrogen-bond acceptors (Lipinski definition) is 3. The number of hydrogen-bond donors (Lipinski definition) is 2. The summed E-state index contributed by atoms with van der Waals surface area (Å²) < 4.78 is 0. The molecular weight excluding hydrogens is 204 g/mol. The number of nitrogens with zero attached hydrogens (tertiary/aromatic N) is 1. The molecule has 0 radical (unpaired) electrons. The fraction of sp³-hybridized carbons (Fsp3) is 0.917. The normalized spacial score (nSPS) is 19.9. The predicted octanol–water partition coefficient (Wildman–Crippen LogP) is 1.44. The van der Waals surface area contributed by atoms with Crippen LogP contribution in [-0.2, 0) is 4.79 Å². The Labute approximate surface area is 97.8 Å². The molecule has 1 saturated carbocycles. The van der Waals surface area contributed by atoms with Gasteiger partial charge in [0, 0.05) is 12.6 Å². The molecule has 0 spiro atoms. The van der Waals surface area contributed by atoms with Crippen LogP contribution >= 0.6 is 0 Å². The number of carbonyl (C=O) groups is 1. The summed E-state index contributed by atoms with van der Waals surface area (Å²) in [5.41, 5.74) is 5.52. The summed E-state index contributed by atoms with van der Waals surface area (Å²) in [7, 11) is 0. The summed E-state index contributed by atoms with van der Waals surface area (Å²) in [4.78, 5) is 13.0. The van der Waals surface area contributed by atoms with E-state index in [1.165, 1.54) is 32.1 Å². The van der Waals surface area contributed by atoms with Gasteiger partial charge in [-0.2, -0.15) is 0 Å². The van der Waals surface area contributed by atoms with Gasteiger partial charge in [-0.15, -0.1) is 0 Å². The Kier molecular flexibility index (Phi) is 5.77. The zero-order valence-corrected chi connectivity index (χ0v) is 10.2. The van der Waals surface area contributed by atoms with Gasteiger partial charge in [0.2, 0.25) is 0 Å². The van der Waals surface area contributed by atoms with Crippen molar-refractivity contribution in [2.24, 2.45) is 5.73 Å². The zero-order valence-electron chi connectivity index (χ0n) is 10.2. The van der Waals surface area contributed by atoms with Gasteiger partial charge in [-0.05, 0) is 25.8 Å². The van der Waals surface area contributed by atoms with Crippen LogP contribution in [0.15, 0.2) is 0 Å². The summed E-state index contributed by atoms with van der Waals surface area (Å²) >= 11 is 0. The summed E-state index contributed by atoms with van der Waals surface area (Å²) in [6, 6.07) is -0.0580. The maximum absolute atomic E-state index is 10.6. The van der Waals surface area contributed by atoms with Crippen molar-refractivity contribution >= 4 is 5.97 Å². The molecule has 1 unspecified atom stereocenters. The van der Waals surface area contributed by atoms with Gasteiger partial charge < -0.3 is 15.7 Å². The SMILES string of the molecule is CCN(CCC(N)C(=O)O)C1CCCCC1. The molecule has 1 fully saturated rings. The minimum absolute atomic E-state index is 0.555. The average molecular weight is 228 g/mol. The molecule has 0 heterocycles. The highest BCUT2D eigenvalue weighted by Gasteiger charge is 2.21. The molecule has 4 heteroatoms. The van der Waals surface area contributed by atoms with Gasteiger partial charge in [-0.25, -0.2) is 0 Å². The second-order valence-electron chi connectivity index (χ2n) is 4.65. The first-order valence-corrected chi connectivity index (χ1v) is 6.37. The van der Waals surface area contributed by atoms with Gasteiger partial charge >= 0.3 is 5.97 Å². The molecule has 4 nitrogen and oxygen atoms in total. The minimum Gasteiger partial charge on any atom is -0.480 e. The van der Waals surface area contributed by atoms with Crippen molar-refractivity contribution in [2.75, 3.05) is 13.1 Å². The van der Waals surface area contributed by atoms with Crippen molar-refractivity contribution in [2.45, 2.75) is 57.5 Å². The van der Waals surface area contributed by atoms with E-state index in [0.29, 0.717) is 12.5 Å². The van der Waals surface area contributed by atoms with Crippen molar-refractivity contribution < 1.29 is 9.90 Å². The number of aliphatic carboxylic acids is 1. The molecule has 1 rings (SSSR count). The molecule has 1 aliphatic carbocycles. The second kappa shape index (κ2) is 6.86. The first kappa shape index (κ1) is 13.5. The Morgan fingerprint density at radius 2 is 2.06 bits per heavy atom. The fourth-order valence-corrected chi connectivity index (χ4v) is 2.47. The number of nitrogens with two attached hydrogens (primary N) is 1. The first-order valence-electron chi connectivity index (χ1n) is 6.37. The molecule has 0 aliphatic heterocycles. The van der Waals surface area contributed by atoms with E-state index in [1.54, 1.807) is 0 Å². The van der Waals surface area contributed by atoms with E-state index in [-0.39, 0.29) is 0 Å². The Morgan fingerprint density at radius 3 is 2.56 bits per heavy atom. The number of carboxylic acid groups (broad SMARTS) is 1. The summed E-state index contributed by atoms with van der Waals surface area (Å²) in [6.07, 6.45) is 7.05. The van der Waals surface area contributed by atoms with E-state index < -0.39 is 12.0 Å². The summed E-state index contributed by atoms with van der Waals surface area (Å²) in [6.45, 7) is 3.95. The maximum atomic E-state index is 10.6. The van der Waals surface area contributed by atoms with Crippen LogP contribution in [0.1, 0.15) is 45.4 Å². The molecule has 0 amide bonds. The molecule has 1 aliphatic rings. The Bertz CT molecular complexity index is 215. The van der Waals surface area contributed by atoms with Gasteiger partial charge in [-0.1, -0.05) is 26.2 Å². The van der Waals surface area contributed by atoms with E-state index >= 15 is 0 Å². The average Bonchev–Trinajstić information content (AvgIpc) is 2.30. The number of rotatable bonds is 6. The van der Waals surface area contributed by atoms with E-state index in [9.17, 15) is 4.79 Å². The Morgan fingerprint density at radius 1 is 1.44 bits per heavy atom. The van der Waals surface area contributed by atoms with Crippen molar-refractivity contribution in [3.63, 3.8) is 0 Å². The molecular formula is C12H24N2O2. The minimum atomic E-state index is -0.889. The van der Waals surface area contributed by atoms with Crippen LogP contribution in [0.5, 0.6) is 0 Å². The largest absolute Gasteiger partial charge is 0.480 e. The van der Waals surface area contributed by atoms with Gasteiger partial charge in [0.05, 0.1) is 0 Å². The van der Waals surface area contributed by atoms with Crippen molar-refractivity contribution in [1.29, 1.82) is 0 Å². The van der Waals surface area contributed by atoms with Gasteiger partial charge in [0.15, 0.2) is 0 Å². The number of carboxylic acids is 1. The third kappa shape index (κ3) is 4.10. The predicted molar refractivity (Wildman–Crippen MR) is 64.3 cm³/mol. The summed E-state index contributed by atoms with van der Waals surface area (Å²) in [5.74, 6) is -0.889. The van der Waals surface area contributed by atoms with Crippen LogP contribution in [0.2, 0.25) is 0 Å². The quantitative estimate of drug-likeness (QED) is 0.722. The van der Waals surface area contributed by atoms with Crippen LogP contribution in [0.4, 0.5) is 0 Å². The molecule has 0 aromatic heterocycles. The summed E-state index contributed by atoms with van der Waals surface area (Å²) in [5, 5.41) is 8.73. The molecule has 3 N–H and O–H groups in total. The lowest BCUT2D eigenvalue weighted by molar-refractivity contribution is -0.138. The third-order valence-corrected chi connectivity index (χ3v) is 3.54. The Balaban J connectivity index is 2.33. The lowest BCUT2D eigenvalue weighted by Gasteiger charge is -2.33. The van der Waals surface area contributed by atoms with E-state index in [2.05, 4.69) is 11.8 Å². The van der Waals surface area contributed by atoms with Crippen LogP contribution in [0.25, 0.3) is 0 Å². The van der Waals surface area contributed by atoms with Gasteiger partial charge in [0.1, 0.15) is 6.04 Å². The fourth-order valence-electron chi connectivity index (χ4n) is 2.47. The molecule has 0 aromatic rings. The van der Waals surface area contributed by atoms with Crippen LogP contribution in [-0.4, -0.2) is 41.1 Å². The highest BCUT2D eigenvalue weighted by atomic mass is 16.4. The lowest BCUT2D eigenvalue weighted by atomic mass is 9.94. The molecule has 0 bridgehead atoms. The molecule has 0 saturated heterocycles. The van der Waals surface area contributed by atoms with Crippen molar-refractivity contribution in [3.05, 3.63) is 0 Å². The second-order valence-corrected chi connectivity index (χ2v) is 4.65. The molecule has 0 aromatic carbocycles. The van der Waals surface area contributed by atoms with E-state index in [0.717, 1.165) is 13.1 Å². The molecule has 1 atom stereocenters. The van der Waals surface area contributed by atoms with E-state index in [1.807, 2.05) is 0 Å². The standard InChI is InChI=1S/C12H24N2O2/c1-2-14(9-8-11(13)12(15)16)10-6-4-3-5-7-10/h10-11H,2-9,13H2,1H3,(H,15,16). The van der Waals surface area contributed by atoms with Crippen LogP contribution in [0.3, 0.4) is 0 Å². The Hall–Kier alpha value is -0.610. The van der Waals surface area contributed by atoms with Crippen molar-refractivity contribution in [1.82, 2.24) is 4.90 Å². The van der Waals surface area contributed by atoms with Crippen LogP contribution < -0.4 is 5.73 Å². The smallest absolute Gasteiger partial charge is 0.320 e. The highest BCUT2D eigenvalue weighted by Crippen LogP contribution is 2.22.